The number of methoxy groups -OCH3 is 1. The largest absolute Gasteiger partial charge is 0.469 e. The molecular formula is C31H50O4. The van der Waals surface area contributed by atoms with E-state index in [1.807, 2.05) is 0 Å². The molecule has 5 aliphatic carbocycles. The number of rotatable bonds is 2. The van der Waals surface area contributed by atoms with E-state index in [0.29, 0.717) is 23.7 Å². The molecule has 0 aliphatic heterocycles. The molecule has 2 N–H and O–H groups in total. The Kier molecular flexibility index (Phi) is 5.94. The number of esters is 1. The van der Waals surface area contributed by atoms with Crippen LogP contribution in [0.5, 0.6) is 0 Å². The van der Waals surface area contributed by atoms with Crippen LogP contribution in [0.4, 0.5) is 0 Å². The van der Waals surface area contributed by atoms with Crippen molar-refractivity contribution in [3.63, 3.8) is 0 Å². The average molecular weight is 487 g/mol. The van der Waals surface area contributed by atoms with E-state index < -0.39 is 11.5 Å². The van der Waals surface area contributed by atoms with Crippen molar-refractivity contribution in [3.05, 3.63) is 11.6 Å². The number of fused-ring (bicyclic) bond motifs is 7. The lowest BCUT2D eigenvalue weighted by atomic mass is 9.33. The van der Waals surface area contributed by atoms with Crippen molar-refractivity contribution in [3.8, 4) is 0 Å². The Morgan fingerprint density at radius 3 is 2.37 bits per heavy atom. The first-order valence-electron chi connectivity index (χ1n) is 14.4. The minimum atomic E-state index is -0.418. The van der Waals surface area contributed by atoms with Crippen LogP contribution in [0.3, 0.4) is 0 Å². The van der Waals surface area contributed by atoms with Gasteiger partial charge in [-0.25, -0.2) is 0 Å². The summed E-state index contributed by atoms with van der Waals surface area (Å²) < 4.78 is 5.50. The Morgan fingerprint density at radius 2 is 1.71 bits per heavy atom. The molecule has 5 aliphatic rings. The second kappa shape index (κ2) is 8.06. The van der Waals surface area contributed by atoms with E-state index in [-0.39, 0.29) is 40.2 Å². The number of carbonyl (C=O) groups excluding carboxylic acids is 1. The fraction of sp³-hybridized carbons (Fsp3) is 0.903. The van der Waals surface area contributed by atoms with Gasteiger partial charge in [0.2, 0.25) is 0 Å². The quantitative estimate of drug-likeness (QED) is 0.363. The first-order valence-corrected chi connectivity index (χ1v) is 14.4. The van der Waals surface area contributed by atoms with Gasteiger partial charge < -0.3 is 14.9 Å². The SMILES string of the molecule is COC(=O)[C@]12CC[C@@H](C)[C@H](C)[C@H]1C1=CC[C@@H]3[C@@]4(C)CC[C@H](O)[C@](C)(CO)[C@@H]4CC[C@@]3(C)[C@]1(C)CC2. The normalized spacial score (nSPS) is 55.5. The molecule has 0 aromatic carbocycles. The third-order valence-corrected chi connectivity index (χ3v) is 13.7. The first kappa shape index (κ1) is 25.8. The van der Waals surface area contributed by atoms with Crippen LogP contribution < -0.4 is 0 Å². The second-order valence-corrected chi connectivity index (χ2v) is 14.5. The van der Waals surface area contributed by atoms with Crippen molar-refractivity contribution < 1.29 is 19.7 Å². The summed E-state index contributed by atoms with van der Waals surface area (Å²) in [7, 11) is 1.58. The molecule has 11 atom stereocenters. The molecule has 0 unspecified atom stereocenters. The third kappa shape index (κ3) is 3.02. The fourth-order valence-corrected chi connectivity index (χ4v) is 11.1. The molecule has 4 fully saturated rings. The van der Waals surface area contributed by atoms with Crippen molar-refractivity contribution in [2.45, 2.75) is 105 Å². The van der Waals surface area contributed by atoms with E-state index in [1.54, 1.807) is 12.7 Å². The van der Waals surface area contributed by atoms with Gasteiger partial charge >= 0.3 is 5.97 Å². The molecule has 5 rings (SSSR count). The van der Waals surface area contributed by atoms with Crippen LogP contribution in [0.15, 0.2) is 11.6 Å². The molecule has 35 heavy (non-hydrogen) atoms. The predicted octanol–water partition coefficient (Wildman–Crippen LogP) is 6.15. The summed E-state index contributed by atoms with van der Waals surface area (Å²) in [4.78, 5) is 13.4. The van der Waals surface area contributed by atoms with Crippen LogP contribution >= 0.6 is 0 Å². The van der Waals surface area contributed by atoms with Crippen molar-refractivity contribution in [2.75, 3.05) is 13.7 Å². The molecule has 0 aromatic heterocycles. The highest BCUT2D eigenvalue weighted by Gasteiger charge is 2.70. The zero-order chi connectivity index (χ0) is 25.6. The summed E-state index contributed by atoms with van der Waals surface area (Å²) in [5.41, 5.74) is 1.12. The summed E-state index contributed by atoms with van der Waals surface area (Å²) in [5, 5.41) is 21.4. The molecule has 0 spiro atoms. The highest BCUT2D eigenvalue weighted by Crippen LogP contribution is 2.75. The number of aliphatic hydroxyl groups is 2. The predicted molar refractivity (Wildman–Crippen MR) is 138 cm³/mol. The molecule has 4 heteroatoms. The fourth-order valence-electron chi connectivity index (χ4n) is 11.1. The van der Waals surface area contributed by atoms with Crippen LogP contribution in [-0.2, 0) is 9.53 Å². The van der Waals surface area contributed by atoms with E-state index in [0.717, 1.165) is 57.8 Å². The van der Waals surface area contributed by atoms with Gasteiger partial charge in [-0.05, 0) is 104 Å². The van der Waals surface area contributed by atoms with Crippen molar-refractivity contribution >= 4 is 5.97 Å². The van der Waals surface area contributed by atoms with Crippen LogP contribution in [0.1, 0.15) is 99.3 Å². The Labute approximate surface area is 213 Å². The number of carbonyl (C=O) groups is 1. The molecular weight excluding hydrogens is 436 g/mol. The molecule has 0 aromatic rings. The molecule has 0 saturated heterocycles. The Hall–Kier alpha value is -0.870. The van der Waals surface area contributed by atoms with Crippen molar-refractivity contribution in [1.29, 1.82) is 0 Å². The average Bonchev–Trinajstić information content (AvgIpc) is 2.83. The monoisotopic (exact) mass is 486 g/mol. The van der Waals surface area contributed by atoms with Gasteiger partial charge in [0.1, 0.15) is 0 Å². The van der Waals surface area contributed by atoms with E-state index in [1.165, 1.54) is 0 Å². The molecule has 4 nitrogen and oxygen atoms in total. The number of hydrogen-bond donors (Lipinski definition) is 2. The summed E-state index contributed by atoms with van der Waals surface area (Å²) in [5.74, 6) is 2.26. The van der Waals surface area contributed by atoms with Gasteiger partial charge in [0.05, 0.1) is 25.2 Å². The van der Waals surface area contributed by atoms with Crippen LogP contribution in [0.25, 0.3) is 0 Å². The maximum absolute atomic E-state index is 13.4. The van der Waals surface area contributed by atoms with Gasteiger partial charge in [0.25, 0.3) is 0 Å². The summed E-state index contributed by atoms with van der Waals surface area (Å²) >= 11 is 0. The highest BCUT2D eigenvalue weighted by molar-refractivity contribution is 5.78. The molecule has 0 bridgehead atoms. The Morgan fingerprint density at radius 1 is 1.00 bits per heavy atom. The minimum Gasteiger partial charge on any atom is -0.469 e. The van der Waals surface area contributed by atoms with Crippen molar-refractivity contribution in [2.24, 2.45) is 56.7 Å². The van der Waals surface area contributed by atoms with Crippen LogP contribution in [0, 0.1) is 56.7 Å². The van der Waals surface area contributed by atoms with Gasteiger partial charge in [-0.15, -0.1) is 0 Å². The third-order valence-electron chi connectivity index (χ3n) is 13.7. The molecule has 0 heterocycles. The van der Waals surface area contributed by atoms with E-state index in [9.17, 15) is 15.0 Å². The van der Waals surface area contributed by atoms with E-state index in [2.05, 4.69) is 47.6 Å². The van der Waals surface area contributed by atoms with Gasteiger partial charge in [-0.3, -0.25) is 4.79 Å². The summed E-state index contributed by atoms with van der Waals surface area (Å²) in [6.07, 6.45) is 11.3. The van der Waals surface area contributed by atoms with E-state index >= 15 is 0 Å². The lowest BCUT2D eigenvalue weighted by Crippen LogP contribution is -2.66. The number of aliphatic hydroxyl groups excluding tert-OH is 2. The van der Waals surface area contributed by atoms with Crippen LogP contribution in [-0.4, -0.2) is 36.0 Å². The van der Waals surface area contributed by atoms with Crippen molar-refractivity contribution in [1.82, 2.24) is 0 Å². The maximum atomic E-state index is 13.4. The minimum absolute atomic E-state index is 0.0205. The standard InChI is InChI=1S/C31H50O4/c1-19-10-15-31(26(34)35-7)17-16-29(5)21(25(31)20(19)2)8-9-23-27(3)13-12-24(33)28(4,18-32)22(27)11-14-30(23,29)6/h8,19-20,22-25,32-33H,9-18H2,1-7H3/t19-,20+,22-,23-,24+,25+,27+,28-,29-,30-,31+/m1/s1. The maximum Gasteiger partial charge on any atom is 0.312 e. The zero-order valence-electron chi connectivity index (χ0n) is 23.3. The molecule has 0 amide bonds. The van der Waals surface area contributed by atoms with E-state index in [4.69, 9.17) is 4.74 Å². The van der Waals surface area contributed by atoms with Crippen LogP contribution in [0.2, 0.25) is 0 Å². The topological polar surface area (TPSA) is 66.8 Å². The lowest BCUT2D eigenvalue weighted by Gasteiger charge is -2.71. The molecule has 0 radical (unpaired) electrons. The van der Waals surface area contributed by atoms with Gasteiger partial charge in [0, 0.05) is 5.41 Å². The smallest absolute Gasteiger partial charge is 0.312 e. The molecule has 4 saturated carbocycles. The summed E-state index contributed by atoms with van der Waals surface area (Å²) in [6, 6.07) is 0. The summed E-state index contributed by atoms with van der Waals surface area (Å²) in [6.45, 7) is 14.5. The molecule has 198 valence electrons. The first-order chi connectivity index (χ1) is 16.4. The van der Waals surface area contributed by atoms with Gasteiger partial charge in [0.15, 0.2) is 0 Å². The Balaban J connectivity index is 1.61. The second-order valence-electron chi connectivity index (χ2n) is 14.5. The number of ether oxygens (including phenoxy) is 1. The number of hydrogen-bond acceptors (Lipinski definition) is 4. The zero-order valence-corrected chi connectivity index (χ0v) is 23.3. The van der Waals surface area contributed by atoms with Gasteiger partial charge in [-0.1, -0.05) is 53.2 Å². The van der Waals surface area contributed by atoms with Gasteiger partial charge in [-0.2, -0.15) is 0 Å². The highest BCUT2D eigenvalue weighted by atomic mass is 16.5. The lowest BCUT2D eigenvalue weighted by molar-refractivity contribution is -0.217. The Bertz CT molecular complexity index is 912. The number of allylic oxidation sites excluding steroid dienone is 2.